The number of hydrogen-bond donors (Lipinski definition) is 0. The zero-order valence-corrected chi connectivity index (χ0v) is 29.9. The lowest BCUT2D eigenvalue weighted by Gasteiger charge is -2.26. The maximum absolute atomic E-state index is 6.10. The number of pyridine rings is 5. The predicted molar refractivity (Wildman–Crippen MR) is 226 cm³/mol. The quantitative estimate of drug-likeness (QED) is 0.169. The van der Waals surface area contributed by atoms with Gasteiger partial charge in [-0.05, 0) is 120 Å². The second-order valence-electron chi connectivity index (χ2n) is 13.8. The zero-order chi connectivity index (χ0) is 37.0. The SMILES string of the molecule is c1cnc2nc(-c3ccc(N(c4ccc(-c5ccc6cccnc6n5)cc4)c4ccc5cc(-c6ccc7c(n6)oc6ccccc67)ccc5c4)cc3)ccc2c1. The highest BCUT2D eigenvalue weighted by Crippen LogP contribution is 2.39. The van der Waals surface area contributed by atoms with Crippen LogP contribution in [0.25, 0.3) is 88.7 Å². The lowest BCUT2D eigenvalue weighted by molar-refractivity contribution is 0.654. The van der Waals surface area contributed by atoms with Crippen LogP contribution in [0, 0.1) is 0 Å². The molecule has 0 aliphatic heterocycles. The van der Waals surface area contributed by atoms with Gasteiger partial charge in [-0.2, -0.15) is 0 Å². The number of nitrogens with zero attached hydrogens (tertiary/aromatic N) is 6. The smallest absolute Gasteiger partial charge is 0.227 e. The molecule has 262 valence electrons. The summed E-state index contributed by atoms with van der Waals surface area (Å²) in [7, 11) is 0. The molecule has 0 unspecified atom stereocenters. The Balaban J connectivity index is 0.969. The fourth-order valence-corrected chi connectivity index (χ4v) is 7.54. The van der Waals surface area contributed by atoms with Gasteiger partial charge >= 0.3 is 0 Å². The van der Waals surface area contributed by atoms with Crippen molar-refractivity contribution in [1.82, 2.24) is 24.9 Å². The summed E-state index contributed by atoms with van der Waals surface area (Å²) in [5, 5.41) is 6.37. The zero-order valence-electron chi connectivity index (χ0n) is 29.9. The second-order valence-corrected chi connectivity index (χ2v) is 13.8. The number of fused-ring (bicyclic) bond motifs is 6. The van der Waals surface area contributed by atoms with Gasteiger partial charge in [0.1, 0.15) is 5.58 Å². The Labute approximate surface area is 321 Å². The van der Waals surface area contributed by atoms with E-state index in [2.05, 4.69) is 130 Å². The molecule has 0 N–H and O–H groups in total. The van der Waals surface area contributed by atoms with E-state index in [9.17, 15) is 0 Å². The predicted octanol–water partition coefficient (Wildman–Crippen LogP) is 12.5. The van der Waals surface area contributed by atoms with Gasteiger partial charge in [0.05, 0.1) is 17.1 Å². The molecule has 5 aromatic carbocycles. The van der Waals surface area contributed by atoms with E-state index >= 15 is 0 Å². The van der Waals surface area contributed by atoms with Crippen LogP contribution in [0.5, 0.6) is 0 Å². The molecule has 11 rings (SSSR count). The third-order valence-corrected chi connectivity index (χ3v) is 10.4. The molecular formula is C49H30N6O. The molecule has 0 spiro atoms. The van der Waals surface area contributed by atoms with Gasteiger partial charge in [0.2, 0.25) is 5.71 Å². The third kappa shape index (κ3) is 5.58. The first-order valence-electron chi connectivity index (χ1n) is 18.5. The first-order valence-corrected chi connectivity index (χ1v) is 18.5. The average Bonchev–Trinajstić information content (AvgIpc) is 3.64. The number of para-hydroxylation sites is 1. The van der Waals surface area contributed by atoms with E-state index in [0.717, 1.165) is 100 Å². The van der Waals surface area contributed by atoms with E-state index < -0.39 is 0 Å². The molecule has 0 saturated heterocycles. The standard InChI is InChI=1S/C49H30N6O/c1-2-8-46-41(7-1)42-23-26-45(54-49(42)56-46)37-10-9-36-30-40(22-15-35(36)29-37)55(38-18-11-31(12-19-38)43-24-16-33-5-3-27-50-47(33)52-43)39-20-13-32(14-21-39)44-25-17-34-6-4-28-51-48(34)53-44/h1-30H. The normalized spacial score (nSPS) is 11.6. The van der Waals surface area contributed by atoms with Gasteiger partial charge in [-0.25, -0.2) is 24.9 Å². The van der Waals surface area contributed by atoms with Gasteiger partial charge in [0.25, 0.3) is 0 Å². The first kappa shape index (κ1) is 31.7. The van der Waals surface area contributed by atoms with Crippen molar-refractivity contribution < 1.29 is 4.42 Å². The molecule has 0 saturated carbocycles. The molecule has 6 aromatic heterocycles. The van der Waals surface area contributed by atoms with Crippen molar-refractivity contribution in [2.45, 2.75) is 0 Å². The first-order chi connectivity index (χ1) is 27.7. The summed E-state index contributed by atoms with van der Waals surface area (Å²) in [4.78, 5) is 25.8. The maximum atomic E-state index is 6.10. The molecule has 0 aliphatic carbocycles. The average molecular weight is 719 g/mol. The molecule has 0 aliphatic rings. The minimum atomic E-state index is 0.646. The van der Waals surface area contributed by atoms with Crippen LogP contribution in [0.3, 0.4) is 0 Å². The van der Waals surface area contributed by atoms with Crippen LogP contribution in [0.2, 0.25) is 0 Å². The molecule has 0 amide bonds. The van der Waals surface area contributed by atoms with Crippen LogP contribution in [0.1, 0.15) is 0 Å². The van der Waals surface area contributed by atoms with Crippen molar-refractivity contribution in [3.63, 3.8) is 0 Å². The number of aromatic nitrogens is 5. The van der Waals surface area contributed by atoms with E-state index in [1.807, 2.05) is 54.6 Å². The van der Waals surface area contributed by atoms with E-state index in [4.69, 9.17) is 19.4 Å². The van der Waals surface area contributed by atoms with Gasteiger partial charge in [-0.3, -0.25) is 0 Å². The highest BCUT2D eigenvalue weighted by molar-refractivity contribution is 6.04. The van der Waals surface area contributed by atoms with Gasteiger partial charge in [0.15, 0.2) is 11.3 Å². The Morgan fingerprint density at radius 1 is 0.375 bits per heavy atom. The number of rotatable bonds is 6. The van der Waals surface area contributed by atoms with Crippen LogP contribution in [0.4, 0.5) is 17.1 Å². The van der Waals surface area contributed by atoms with Crippen molar-refractivity contribution in [3.05, 3.63) is 182 Å². The Bertz CT molecular complexity index is 3140. The maximum Gasteiger partial charge on any atom is 0.227 e. The Hall–Kier alpha value is -7.77. The van der Waals surface area contributed by atoms with E-state index in [1.54, 1.807) is 12.4 Å². The molecule has 7 nitrogen and oxygen atoms in total. The number of benzene rings is 5. The highest BCUT2D eigenvalue weighted by Gasteiger charge is 2.16. The van der Waals surface area contributed by atoms with E-state index in [0.29, 0.717) is 5.71 Å². The molecule has 0 fully saturated rings. The van der Waals surface area contributed by atoms with Gasteiger partial charge in [-0.1, -0.05) is 60.7 Å². The summed E-state index contributed by atoms with van der Waals surface area (Å²) >= 11 is 0. The molecule has 0 atom stereocenters. The van der Waals surface area contributed by atoms with Crippen LogP contribution >= 0.6 is 0 Å². The Morgan fingerprint density at radius 3 is 1.59 bits per heavy atom. The summed E-state index contributed by atoms with van der Waals surface area (Å²) in [5.74, 6) is 0. The number of anilines is 3. The minimum absolute atomic E-state index is 0.646. The Kier molecular flexibility index (Phi) is 7.35. The lowest BCUT2D eigenvalue weighted by Crippen LogP contribution is -2.10. The molecule has 7 heteroatoms. The summed E-state index contributed by atoms with van der Waals surface area (Å²) in [6.45, 7) is 0. The van der Waals surface area contributed by atoms with Crippen LogP contribution in [-0.4, -0.2) is 24.9 Å². The molecule has 6 heterocycles. The van der Waals surface area contributed by atoms with Crippen LogP contribution < -0.4 is 4.90 Å². The molecule has 0 radical (unpaired) electrons. The van der Waals surface area contributed by atoms with Crippen molar-refractivity contribution in [1.29, 1.82) is 0 Å². The second kappa shape index (κ2) is 13.0. The lowest BCUT2D eigenvalue weighted by atomic mass is 10.0. The summed E-state index contributed by atoms with van der Waals surface area (Å²) < 4.78 is 6.10. The fraction of sp³-hybridized carbons (Fsp3) is 0. The third-order valence-electron chi connectivity index (χ3n) is 10.4. The topological polar surface area (TPSA) is 80.8 Å². The van der Waals surface area contributed by atoms with Gasteiger partial charge < -0.3 is 9.32 Å². The van der Waals surface area contributed by atoms with Crippen molar-refractivity contribution in [2.24, 2.45) is 0 Å². The minimum Gasteiger partial charge on any atom is -0.438 e. The summed E-state index contributed by atoms with van der Waals surface area (Å²) in [6, 6.07) is 58.6. The van der Waals surface area contributed by atoms with Crippen LogP contribution in [0.15, 0.2) is 187 Å². The molecule has 11 aromatic rings. The molecule has 56 heavy (non-hydrogen) atoms. The van der Waals surface area contributed by atoms with Gasteiger partial charge in [-0.15, -0.1) is 0 Å². The highest BCUT2D eigenvalue weighted by atomic mass is 16.3. The number of furan rings is 1. The fourth-order valence-electron chi connectivity index (χ4n) is 7.54. The largest absolute Gasteiger partial charge is 0.438 e. The number of hydrogen-bond acceptors (Lipinski definition) is 7. The Morgan fingerprint density at radius 2 is 0.911 bits per heavy atom. The molecule has 0 bridgehead atoms. The van der Waals surface area contributed by atoms with Crippen LogP contribution in [-0.2, 0) is 0 Å². The van der Waals surface area contributed by atoms with Crippen molar-refractivity contribution in [2.75, 3.05) is 4.90 Å². The van der Waals surface area contributed by atoms with Crippen molar-refractivity contribution in [3.8, 4) is 33.8 Å². The van der Waals surface area contributed by atoms with Crippen molar-refractivity contribution >= 4 is 72.0 Å². The van der Waals surface area contributed by atoms with E-state index in [-0.39, 0.29) is 0 Å². The monoisotopic (exact) mass is 718 g/mol. The van der Waals surface area contributed by atoms with E-state index in [1.165, 1.54) is 0 Å². The molecular weight excluding hydrogens is 689 g/mol. The summed E-state index contributed by atoms with van der Waals surface area (Å²) in [5.41, 5.74) is 11.7. The summed E-state index contributed by atoms with van der Waals surface area (Å²) in [6.07, 6.45) is 3.56. The van der Waals surface area contributed by atoms with Gasteiger partial charge in [0, 0.05) is 67.7 Å².